The number of rotatable bonds is 7. The van der Waals surface area contributed by atoms with Gasteiger partial charge in [0.25, 0.3) is 0 Å². The second-order valence-electron chi connectivity index (χ2n) is 5.48. The van der Waals surface area contributed by atoms with E-state index in [2.05, 4.69) is 4.98 Å². The molecule has 0 fully saturated rings. The molecule has 5 nitrogen and oxygen atoms in total. The van der Waals surface area contributed by atoms with Crippen LogP contribution in [0.25, 0.3) is 11.0 Å². The maximum Gasteiger partial charge on any atom is 0.310 e. The summed E-state index contributed by atoms with van der Waals surface area (Å²) in [5.41, 5.74) is 2.72. The highest BCUT2D eigenvalue weighted by Gasteiger charge is 2.12. The molecule has 5 heteroatoms. The molecule has 0 atom stereocenters. The summed E-state index contributed by atoms with van der Waals surface area (Å²) in [6, 6.07) is 9.48. The van der Waals surface area contributed by atoms with E-state index in [1.54, 1.807) is 31.8 Å². The van der Waals surface area contributed by atoms with E-state index in [9.17, 15) is 4.79 Å². The van der Waals surface area contributed by atoms with Gasteiger partial charge in [0.2, 0.25) is 0 Å². The molecular weight excluding hydrogens is 306 g/mol. The van der Waals surface area contributed by atoms with Crippen LogP contribution in [-0.2, 0) is 22.4 Å². The van der Waals surface area contributed by atoms with Gasteiger partial charge in [-0.3, -0.25) is 9.78 Å². The Morgan fingerprint density at radius 3 is 2.83 bits per heavy atom. The zero-order valence-corrected chi connectivity index (χ0v) is 13.5. The average Bonchev–Trinajstić information content (AvgIpc) is 3.01. The molecule has 0 aliphatic carbocycles. The largest absolute Gasteiger partial charge is 0.497 e. The molecule has 3 aromatic rings. The molecule has 0 amide bonds. The molecule has 1 aromatic carbocycles. The van der Waals surface area contributed by atoms with Crippen molar-refractivity contribution in [2.24, 2.45) is 0 Å². The highest BCUT2D eigenvalue weighted by atomic mass is 16.5. The van der Waals surface area contributed by atoms with Crippen molar-refractivity contribution in [3.05, 3.63) is 60.1 Å². The molecular formula is C19H19NO4. The second kappa shape index (κ2) is 7.64. The Morgan fingerprint density at radius 2 is 2.04 bits per heavy atom. The number of furan rings is 1. The summed E-state index contributed by atoms with van der Waals surface area (Å²) in [6.45, 7) is 0.408. The SMILES string of the molecule is COc1ccc2c(CC(=O)OCCCc3ccncc3)coc2c1. The zero-order chi connectivity index (χ0) is 16.8. The summed E-state index contributed by atoms with van der Waals surface area (Å²) in [6.07, 6.45) is 6.99. The molecule has 0 saturated heterocycles. The third kappa shape index (κ3) is 3.93. The number of benzene rings is 1. The third-order valence-corrected chi connectivity index (χ3v) is 3.82. The summed E-state index contributed by atoms with van der Waals surface area (Å²) in [5.74, 6) is 0.477. The number of aromatic nitrogens is 1. The number of nitrogens with zero attached hydrogens (tertiary/aromatic N) is 1. The molecule has 2 aromatic heterocycles. The van der Waals surface area contributed by atoms with Crippen LogP contribution in [0, 0.1) is 0 Å². The van der Waals surface area contributed by atoms with Gasteiger partial charge in [-0.05, 0) is 42.7 Å². The minimum Gasteiger partial charge on any atom is -0.497 e. The van der Waals surface area contributed by atoms with Crippen molar-refractivity contribution in [1.29, 1.82) is 0 Å². The molecule has 24 heavy (non-hydrogen) atoms. The Kier molecular flexibility index (Phi) is 5.11. The first-order valence-corrected chi connectivity index (χ1v) is 7.85. The van der Waals surface area contributed by atoms with Crippen molar-refractivity contribution < 1.29 is 18.7 Å². The first kappa shape index (κ1) is 16.1. The molecule has 0 N–H and O–H groups in total. The number of carbonyl (C=O) groups excluding carboxylic acids is 1. The normalized spacial score (nSPS) is 10.7. The lowest BCUT2D eigenvalue weighted by Gasteiger charge is -2.04. The maximum atomic E-state index is 12.0. The summed E-state index contributed by atoms with van der Waals surface area (Å²) in [7, 11) is 1.61. The topological polar surface area (TPSA) is 61.6 Å². The number of carbonyl (C=O) groups is 1. The van der Waals surface area contributed by atoms with Gasteiger partial charge in [-0.2, -0.15) is 0 Å². The van der Waals surface area contributed by atoms with Crippen LogP contribution in [0.2, 0.25) is 0 Å². The maximum absolute atomic E-state index is 12.0. The van der Waals surface area contributed by atoms with E-state index >= 15 is 0 Å². The van der Waals surface area contributed by atoms with Gasteiger partial charge < -0.3 is 13.9 Å². The van der Waals surface area contributed by atoms with E-state index in [0.29, 0.717) is 12.2 Å². The van der Waals surface area contributed by atoms with Crippen LogP contribution >= 0.6 is 0 Å². The van der Waals surface area contributed by atoms with Gasteiger partial charge in [0.05, 0.1) is 26.4 Å². The van der Waals surface area contributed by atoms with Gasteiger partial charge in [0.15, 0.2) is 0 Å². The monoisotopic (exact) mass is 325 g/mol. The van der Waals surface area contributed by atoms with Crippen molar-refractivity contribution in [2.75, 3.05) is 13.7 Å². The Morgan fingerprint density at radius 1 is 1.21 bits per heavy atom. The van der Waals surface area contributed by atoms with Crippen LogP contribution in [0.1, 0.15) is 17.5 Å². The first-order valence-electron chi connectivity index (χ1n) is 7.85. The zero-order valence-electron chi connectivity index (χ0n) is 13.5. The molecule has 0 aliphatic heterocycles. The van der Waals surface area contributed by atoms with Crippen LogP contribution < -0.4 is 4.74 Å². The average molecular weight is 325 g/mol. The summed E-state index contributed by atoms with van der Waals surface area (Å²) >= 11 is 0. The minimum absolute atomic E-state index is 0.203. The van der Waals surface area contributed by atoms with E-state index in [1.165, 1.54) is 5.56 Å². The Bertz CT molecular complexity index is 811. The van der Waals surface area contributed by atoms with Crippen molar-refractivity contribution in [3.63, 3.8) is 0 Å². The lowest BCUT2D eigenvalue weighted by molar-refractivity contribution is -0.142. The summed E-state index contributed by atoms with van der Waals surface area (Å²) < 4.78 is 16.0. The number of fused-ring (bicyclic) bond motifs is 1. The lowest BCUT2D eigenvalue weighted by Crippen LogP contribution is -2.09. The van der Waals surface area contributed by atoms with Crippen LogP contribution in [-0.4, -0.2) is 24.7 Å². The predicted octanol–water partition coefficient (Wildman–Crippen LogP) is 3.55. The Hall–Kier alpha value is -2.82. The molecule has 0 bridgehead atoms. The molecule has 2 heterocycles. The molecule has 0 aliphatic rings. The predicted molar refractivity (Wildman–Crippen MR) is 90.0 cm³/mol. The van der Waals surface area contributed by atoms with Crippen molar-refractivity contribution in [1.82, 2.24) is 4.98 Å². The number of hydrogen-bond acceptors (Lipinski definition) is 5. The quantitative estimate of drug-likeness (QED) is 0.491. The van der Waals surface area contributed by atoms with Crippen LogP contribution in [0.5, 0.6) is 5.75 Å². The fraction of sp³-hybridized carbons (Fsp3) is 0.263. The molecule has 0 radical (unpaired) electrons. The Labute approximate surface area is 140 Å². The highest BCUT2D eigenvalue weighted by molar-refractivity contribution is 5.86. The lowest BCUT2D eigenvalue weighted by atomic mass is 10.1. The van der Waals surface area contributed by atoms with Gasteiger partial charge in [-0.25, -0.2) is 0 Å². The molecule has 0 spiro atoms. The number of methoxy groups -OCH3 is 1. The number of hydrogen-bond donors (Lipinski definition) is 0. The number of ether oxygens (including phenoxy) is 2. The van der Waals surface area contributed by atoms with E-state index in [-0.39, 0.29) is 12.4 Å². The van der Waals surface area contributed by atoms with E-state index in [0.717, 1.165) is 29.5 Å². The highest BCUT2D eigenvalue weighted by Crippen LogP contribution is 2.26. The standard InChI is InChI=1S/C19H19NO4/c1-22-16-4-5-17-15(13-24-18(17)12-16)11-19(21)23-10-2-3-14-6-8-20-9-7-14/h4-9,12-13H,2-3,10-11H2,1H3. The van der Waals surface area contributed by atoms with Gasteiger partial charge in [0.1, 0.15) is 11.3 Å². The molecule has 0 saturated carbocycles. The smallest absolute Gasteiger partial charge is 0.310 e. The summed E-state index contributed by atoms with van der Waals surface area (Å²) in [4.78, 5) is 16.0. The minimum atomic E-state index is -0.247. The van der Waals surface area contributed by atoms with Gasteiger partial charge in [-0.1, -0.05) is 0 Å². The number of aryl methyl sites for hydroxylation is 1. The van der Waals surface area contributed by atoms with Crippen molar-refractivity contribution in [3.8, 4) is 5.75 Å². The molecule has 0 unspecified atom stereocenters. The second-order valence-corrected chi connectivity index (χ2v) is 5.48. The van der Waals surface area contributed by atoms with E-state index in [4.69, 9.17) is 13.9 Å². The van der Waals surface area contributed by atoms with Gasteiger partial charge in [0, 0.05) is 29.4 Å². The van der Waals surface area contributed by atoms with E-state index < -0.39 is 0 Å². The van der Waals surface area contributed by atoms with Crippen LogP contribution in [0.4, 0.5) is 0 Å². The van der Waals surface area contributed by atoms with Crippen molar-refractivity contribution >= 4 is 16.9 Å². The Balaban J connectivity index is 1.50. The number of esters is 1. The summed E-state index contributed by atoms with van der Waals surface area (Å²) in [5, 5.41) is 0.907. The van der Waals surface area contributed by atoms with Crippen molar-refractivity contribution in [2.45, 2.75) is 19.3 Å². The first-order chi connectivity index (χ1) is 11.8. The van der Waals surface area contributed by atoms with Crippen LogP contribution in [0.15, 0.2) is 53.4 Å². The van der Waals surface area contributed by atoms with Gasteiger partial charge in [-0.15, -0.1) is 0 Å². The van der Waals surface area contributed by atoms with Crippen LogP contribution in [0.3, 0.4) is 0 Å². The third-order valence-electron chi connectivity index (χ3n) is 3.82. The fourth-order valence-electron chi connectivity index (χ4n) is 2.55. The fourth-order valence-corrected chi connectivity index (χ4v) is 2.55. The van der Waals surface area contributed by atoms with E-state index in [1.807, 2.05) is 24.3 Å². The molecule has 3 rings (SSSR count). The number of pyridine rings is 1. The van der Waals surface area contributed by atoms with Gasteiger partial charge >= 0.3 is 5.97 Å². The molecule has 124 valence electrons.